The number of nitriles is 1. The Balaban J connectivity index is 3.25. The molecule has 1 rings (SSSR count). The predicted molar refractivity (Wildman–Crippen MR) is 60.9 cm³/mol. The van der Waals surface area contributed by atoms with Crippen LogP contribution >= 0.6 is 15.9 Å². The van der Waals surface area contributed by atoms with Crippen LogP contribution in [0.1, 0.15) is 22.8 Å². The Morgan fingerprint density at radius 2 is 1.89 bits per heavy atom. The zero-order valence-corrected chi connectivity index (χ0v) is 10.5. The molecule has 0 aliphatic rings. The lowest BCUT2D eigenvalue weighted by Gasteiger charge is -2.17. The van der Waals surface area contributed by atoms with Crippen LogP contribution in [-0.2, 0) is 6.18 Å². The summed E-state index contributed by atoms with van der Waals surface area (Å²) in [6.45, 7) is 0. The van der Waals surface area contributed by atoms with E-state index >= 15 is 0 Å². The van der Waals surface area contributed by atoms with Gasteiger partial charge >= 0.3 is 6.18 Å². The number of hydrogen-bond donors (Lipinski definition) is 2. The molecule has 1 aromatic rings. The summed E-state index contributed by atoms with van der Waals surface area (Å²) in [6.07, 6.45) is -7.35. The van der Waals surface area contributed by atoms with Crippen LogP contribution < -0.4 is 0 Å². The highest BCUT2D eigenvalue weighted by molar-refractivity contribution is 9.09. The molecule has 0 radical (unpaired) electrons. The lowest BCUT2D eigenvalue weighted by atomic mass is 9.99. The van der Waals surface area contributed by atoms with Crippen molar-refractivity contribution in [3.8, 4) is 6.07 Å². The maximum atomic E-state index is 12.6. The third-order valence-electron chi connectivity index (χ3n) is 2.28. The number of alkyl halides is 4. The van der Waals surface area contributed by atoms with Crippen molar-refractivity contribution in [2.24, 2.45) is 0 Å². The molecule has 2 unspecified atom stereocenters. The number of rotatable bonds is 3. The normalized spacial score (nSPS) is 14.9. The molecule has 0 aliphatic heterocycles. The van der Waals surface area contributed by atoms with Gasteiger partial charge in [-0.05, 0) is 23.8 Å². The molecule has 0 bridgehead atoms. The van der Waals surface area contributed by atoms with E-state index in [0.29, 0.717) is 6.07 Å². The molecule has 18 heavy (non-hydrogen) atoms. The number of benzene rings is 1. The largest absolute Gasteiger partial charge is 0.416 e. The van der Waals surface area contributed by atoms with Gasteiger partial charge in [0.05, 0.1) is 23.3 Å². The van der Waals surface area contributed by atoms with Crippen LogP contribution in [0.3, 0.4) is 0 Å². The standard InChI is InChI=1S/C11H9BrF3NO2/c12-4-9(17)10(18)7-1-6(5-16)2-8(3-7)11(13,14)15/h1-3,9-10,17-18H,4H2. The summed E-state index contributed by atoms with van der Waals surface area (Å²) in [5.41, 5.74) is -1.40. The summed E-state index contributed by atoms with van der Waals surface area (Å²) in [6, 6.07) is 4.11. The van der Waals surface area contributed by atoms with Crippen molar-refractivity contribution in [3.05, 3.63) is 34.9 Å². The van der Waals surface area contributed by atoms with Crippen molar-refractivity contribution >= 4 is 15.9 Å². The van der Waals surface area contributed by atoms with E-state index < -0.39 is 23.9 Å². The Labute approximate surface area is 110 Å². The second-order valence-corrected chi connectivity index (χ2v) is 4.27. The van der Waals surface area contributed by atoms with Crippen molar-refractivity contribution in [2.45, 2.75) is 18.4 Å². The van der Waals surface area contributed by atoms with Gasteiger partial charge in [0.25, 0.3) is 0 Å². The lowest BCUT2D eigenvalue weighted by Crippen LogP contribution is -2.20. The Bertz CT molecular complexity index is 470. The van der Waals surface area contributed by atoms with Crippen LogP contribution in [0.2, 0.25) is 0 Å². The number of halogens is 4. The fourth-order valence-electron chi connectivity index (χ4n) is 1.36. The van der Waals surface area contributed by atoms with Gasteiger partial charge < -0.3 is 10.2 Å². The van der Waals surface area contributed by atoms with Gasteiger partial charge in [-0.2, -0.15) is 18.4 Å². The second kappa shape index (κ2) is 5.69. The van der Waals surface area contributed by atoms with E-state index in [9.17, 15) is 23.4 Å². The molecule has 0 fully saturated rings. The summed E-state index contributed by atoms with van der Waals surface area (Å²) < 4.78 is 37.7. The van der Waals surface area contributed by atoms with Gasteiger partial charge in [-0.3, -0.25) is 0 Å². The minimum absolute atomic E-state index is 0.00625. The van der Waals surface area contributed by atoms with Crippen molar-refractivity contribution in [2.75, 3.05) is 5.33 Å². The predicted octanol–water partition coefficient (Wildman–Crippen LogP) is 2.37. The van der Waals surface area contributed by atoms with E-state index in [4.69, 9.17) is 5.26 Å². The Kier molecular flexibility index (Phi) is 4.73. The highest BCUT2D eigenvalue weighted by Crippen LogP contribution is 2.32. The first-order chi connectivity index (χ1) is 8.29. The van der Waals surface area contributed by atoms with Crippen LogP contribution in [-0.4, -0.2) is 21.6 Å². The Morgan fingerprint density at radius 3 is 2.33 bits per heavy atom. The van der Waals surface area contributed by atoms with Crippen LogP contribution in [0.15, 0.2) is 18.2 Å². The van der Waals surface area contributed by atoms with E-state index in [1.54, 1.807) is 6.07 Å². The van der Waals surface area contributed by atoms with Crippen LogP contribution in [0.5, 0.6) is 0 Å². The average Bonchev–Trinajstić information content (AvgIpc) is 2.35. The van der Waals surface area contributed by atoms with E-state index in [-0.39, 0.29) is 16.5 Å². The van der Waals surface area contributed by atoms with E-state index in [0.717, 1.165) is 12.1 Å². The highest BCUT2D eigenvalue weighted by atomic mass is 79.9. The third-order valence-corrected chi connectivity index (χ3v) is 2.94. The third kappa shape index (κ3) is 3.45. The zero-order valence-electron chi connectivity index (χ0n) is 8.95. The topological polar surface area (TPSA) is 64.2 Å². The second-order valence-electron chi connectivity index (χ2n) is 3.62. The molecule has 0 amide bonds. The first kappa shape index (κ1) is 15.0. The van der Waals surface area contributed by atoms with Crippen LogP contribution in [0.25, 0.3) is 0 Å². The summed E-state index contributed by atoms with van der Waals surface area (Å²) >= 11 is 2.91. The summed E-state index contributed by atoms with van der Waals surface area (Å²) in [5, 5.41) is 27.7. The summed E-state index contributed by atoms with van der Waals surface area (Å²) in [5.74, 6) is 0. The van der Waals surface area contributed by atoms with Gasteiger partial charge in [0.2, 0.25) is 0 Å². The summed E-state index contributed by atoms with van der Waals surface area (Å²) in [7, 11) is 0. The molecule has 0 spiro atoms. The van der Waals surface area contributed by atoms with Crippen molar-refractivity contribution in [1.29, 1.82) is 5.26 Å². The molecule has 2 N–H and O–H groups in total. The zero-order chi connectivity index (χ0) is 13.9. The molecule has 98 valence electrons. The molecule has 7 heteroatoms. The highest BCUT2D eigenvalue weighted by Gasteiger charge is 2.32. The number of aliphatic hydroxyl groups excluding tert-OH is 2. The first-order valence-corrected chi connectivity index (χ1v) is 5.96. The van der Waals surface area contributed by atoms with Crippen LogP contribution in [0.4, 0.5) is 13.2 Å². The first-order valence-electron chi connectivity index (χ1n) is 4.84. The van der Waals surface area contributed by atoms with Crippen molar-refractivity contribution in [3.63, 3.8) is 0 Å². The molecule has 2 atom stereocenters. The molecule has 1 aromatic carbocycles. The number of hydrogen-bond acceptors (Lipinski definition) is 3. The van der Waals surface area contributed by atoms with Crippen molar-refractivity contribution < 1.29 is 23.4 Å². The SMILES string of the molecule is N#Cc1cc(C(O)C(O)CBr)cc(C(F)(F)F)c1. The molecule has 0 aromatic heterocycles. The molecule has 0 saturated heterocycles. The average molecular weight is 324 g/mol. The molecule has 0 aliphatic carbocycles. The minimum atomic E-state index is -4.61. The maximum absolute atomic E-state index is 12.6. The summed E-state index contributed by atoms with van der Waals surface area (Å²) in [4.78, 5) is 0. The van der Waals surface area contributed by atoms with E-state index in [1.807, 2.05) is 0 Å². The maximum Gasteiger partial charge on any atom is 0.416 e. The minimum Gasteiger partial charge on any atom is -0.389 e. The van der Waals surface area contributed by atoms with Gasteiger partial charge in [0, 0.05) is 5.33 Å². The fourth-order valence-corrected chi connectivity index (χ4v) is 1.71. The van der Waals surface area contributed by atoms with Gasteiger partial charge in [-0.1, -0.05) is 15.9 Å². The van der Waals surface area contributed by atoms with Crippen molar-refractivity contribution in [1.82, 2.24) is 0 Å². The van der Waals surface area contributed by atoms with Gasteiger partial charge in [0.15, 0.2) is 0 Å². The number of nitrogens with zero attached hydrogens (tertiary/aromatic N) is 1. The molecule has 3 nitrogen and oxygen atoms in total. The smallest absolute Gasteiger partial charge is 0.389 e. The van der Waals surface area contributed by atoms with Gasteiger partial charge in [-0.15, -0.1) is 0 Å². The van der Waals surface area contributed by atoms with Gasteiger partial charge in [-0.25, -0.2) is 0 Å². The fraction of sp³-hybridized carbons (Fsp3) is 0.364. The van der Waals surface area contributed by atoms with E-state index in [2.05, 4.69) is 15.9 Å². The monoisotopic (exact) mass is 323 g/mol. The Morgan fingerprint density at radius 1 is 1.28 bits per heavy atom. The molecule has 0 saturated carbocycles. The Hall–Kier alpha value is -1.10. The molecular weight excluding hydrogens is 315 g/mol. The van der Waals surface area contributed by atoms with Crippen LogP contribution in [0, 0.1) is 11.3 Å². The lowest BCUT2D eigenvalue weighted by molar-refractivity contribution is -0.137. The molecular formula is C11H9BrF3NO2. The van der Waals surface area contributed by atoms with Gasteiger partial charge in [0.1, 0.15) is 6.10 Å². The number of aliphatic hydroxyl groups is 2. The molecule has 0 heterocycles. The quantitative estimate of drug-likeness (QED) is 0.839. The van der Waals surface area contributed by atoms with E-state index in [1.165, 1.54) is 0 Å².